The summed E-state index contributed by atoms with van der Waals surface area (Å²) in [7, 11) is 5.86. The smallest absolute Gasteiger partial charge is 0.119 e. The van der Waals surface area contributed by atoms with Crippen molar-refractivity contribution in [1.29, 1.82) is 0 Å². The Balaban J connectivity index is 2.12. The van der Waals surface area contributed by atoms with Gasteiger partial charge in [0.2, 0.25) is 0 Å². The lowest BCUT2D eigenvalue weighted by Gasteiger charge is -2.10. The van der Waals surface area contributed by atoms with Crippen LogP contribution in [-0.2, 0) is 6.54 Å². The van der Waals surface area contributed by atoms with E-state index in [1.165, 1.54) is 4.88 Å². The average molecular weight is 305 g/mol. The number of ether oxygens (including phenoxy) is 1. The van der Waals surface area contributed by atoms with Gasteiger partial charge >= 0.3 is 0 Å². The summed E-state index contributed by atoms with van der Waals surface area (Å²) in [5, 5.41) is 4.58. The monoisotopic (exact) mass is 305 g/mol. The highest BCUT2D eigenvalue weighted by atomic mass is 32.1. The van der Waals surface area contributed by atoms with Crippen LogP contribution >= 0.6 is 11.3 Å². The van der Waals surface area contributed by atoms with Gasteiger partial charge in [-0.2, -0.15) is 0 Å². The fourth-order valence-corrected chi connectivity index (χ4v) is 3.02. The molecule has 4 nitrogen and oxygen atoms in total. The molecule has 0 saturated heterocycles. The minimum Gasteiger partial charge on any atom is -0.497 e. The second-order valence-corrected chi connectivity index (χ2v) is 6.50. The van der Waals surface area contributed by atoms with E-state index in [2.05, 4.69) is 42.3 Å². The maximum Gasteiger partial charge on any atom is 0.119 e. The summed E-state index contributed by atoms with van der Waals surface area (Å²) in [4.78, 5) is 8.13. The summed E-state index contributed by atoms with van der Waals surface area (Å²) in [6.45, 7) is 4.91. The molecule has 0 aliphatic heterocycles. The van der Waals surface area contributed by atoms with Gasteiger partial charge < -0.3 is 15.0 Å². The van der Waals surface area contributed by atoms with E-state index >= 15 is 0 Å². The minimum absolute atomic E-state index is 0.853. The molecule has 1 heterocycles. The van der Waals surface area contributed by atoms with Crippen molar-refractivity contribution in [2.24, 2.45) is 0 Å². The van der Waals surface area contributed by atoms with E-state index in [1.54, 1.807) is 18.4 Å². The highest BCUT2D eigenvalue weighted by molar-refractivity contribution is 7.12. The number of aromatic nitrogens is 1. The molecule has 114 valence electrons. The van der Waals surface area contributed by atoms with Crippen molar-refractivity contribution in [3.8, 4) is 17.0 Å². The Bertz CT molecular complexity index is 581. The number of rotatable bonds is 7. The molecule has 0 radical (unpaired) electrons. The number of methoxy groups -OCH3 is 1. The van der Waals surface area contributed by atoms with E-state index in [4.69, 9.17) is 4.74 Å². The maximum atomic E-state index is 5.30. The van der Waals surface area contributed by atoms with Gasteiger partial charge in [-0.3, -0.25) is 0 Å². The van der Waals surface area contributed by atoms with Crippen LogP contribution in [0.2, 0.25) is 0 Å². The van der Waals surface area contributed by atoms with Crippen molar-refractivity contribution in [3.05, 3.63) is 34.2 Å². The second kappa shape index (κ2) is 7.54. The van der Waals surface area contributed by atoms with Crippen LogP contribution in [-0.4, -0.2) is 44.2 Å². The fraction of sp³-hybridized carbons (Fsp3) is 0.438. The molecule has 0 aliphatic carbocycles. The predicted octanol–water partition coefficient (Wildman–Crippen LogP) is 2.78. The zero-order valence-electron chi connectivity index (χ0n) is 13.1. The van der Waals surface area contributed by atoms with E-state index in [0.29, 0.717) is 0 Å². The Hall–Kier alpha value is -1.43. The molecule has 0 saturated carbocycles. The molecule has 0 atom stereocenters. The standard InChI is InChI=1S/C16H23N3OS/c1-12-18-16(13-6-5-7-14(10-13)20-4)15(21-12)11-17-8-9-19(2)3/h5-7,10,17H,8-9,11H2,1-4H3. The van der Waals surface area contributed by atoms with Gasteiger partial charge in [0.15, 0.2) is 0 Å². The third-order valence-corrected chi connectivity index (χ3v) is 4.14. The number of hydrogen-bond acceptors (Lipinski definition) is 5. The Morgan fingerprint density at radius 2 is 2.14 bits per heavy atom. The van der Waals surface area contributed by atoms with Crippen LogP contribution < -0.4 is 10.1 Å². The molecule has 0 aliphatic rings. The molecular formula is C16H23N3OS. The number of nitrogens with one attached hydrogen (secondary N) is 1. The van der Waals surface area contributed by atoms with E-state index in [-0.39, 0.29) is 0 Å². The molecule has 0 spiro atoms. The minimum atomic E-state index is 0.853. The van der Waals surface area contributed by atoms with Crippen LogP contribution in [0.3, 0.4) is 0 Å². The van der Waals surface area contributed by atoms with Gasteiger partial charge in [-0.1, -0.05) is 12.1 Å². The number of hydrogen-bond donors (Lipinski definition) is 1. The molecule has 1 N–H and O–H groups in total. The lowest BCUT2D eigenvalue weighted by molar-refractivity contribution is 0.400. The van der Waals surface area contributed by atoms with E-state index in [0.717, 1.165) is 41.6 Å². The zero-order valence-corrected chi connectivity index (χ0v) is 14.0. The first-order chi connectivity index (χ1) is 10.1. The third kappa shape index (κ3) is 4.52. The van der Waals surface area contributed by atoms with E-state index in [9.17, 15) is 0 Å². The Morgan fingerprint density at radius 1 is 1.33 bits per heavy atom. The van der Waals surface area contributed by atoms with Gasteiger partial charge in [-0.05, 0) is 33.2 Å². The van der Waals surface area contributed by atoms with Crippen LogP contribution in [0.25, 0.3) is 11.3 Å². The first-order valence-corrected chi connectivity index (χ1v) is 7.88. The molecule has 0 fully saturated rings. The largest absolute Gasteiger partial charge is 0.497 e. The zero-order chi connectivity index (χ0) is 15.2. The molecule has 21 heavy (non-hydrogen) atoms. The van der Waals surface area contributed by atoms with Crippen LogP contribution in [0, 0.1) is 6.92 Å². The topological polar surface area (TPSA) is 37.4 Å². The molecule has 1 aromatic carbocycles. The van der Waals surface area contributed by atoms with Gasteiger partial charge in [0, 0.05) is 30.1 Å². The van der Waals surface area contributed by atoms with Crippen LogP contribution in [0.5, 0.6) is 5.75 Å². The van der Waals surface area contributed by atoms with E-state index < -0.39 is 0 Å². The SMILES string of the molecule is COc1cccc(-c2nc(C)sc2CNCCN(C)C)c1. The molecule has 1 aromatic heterocycles. The number of thiazole rings is 1. The van der Waals surface area contributed by atoms with Crippen molar-refractivity contribution >= 4 is 11.3 Å². The van der Waals surface area contributed by atoms with Gasteiger partial charge in [-0.25, -0.2) is 4.98 Å². The summed E-state index contributed by atoms with van der Waals surface area (Å²) < 4.78 is 5.30. The Labute approximate surface area is 130 Å². The summed E-state index contributed by atoms with van der Waals surface area (Å²) in [6.07, 6.45) is 0. The van der Waals surface area contributed by atoms with Crippen molar-refractivity contribution in [2.75, 3.05) is 34.3 Å². The Kier molecular flexibility index (Phi) is 5.73. The van der Waals surface area contributed by atoms with E-state index in [1.807, 2.05) is 18.2 Å². The summed E-state index contributed by atoms with van der Waals surface area (Å²) >= 11 is 1.75. The van der Waals surface area contributed by atoms with Crippen molar-refractivity contribution < 1.29 is 4.74 Å². The van der Waals surface area contributed by atoms with Gasteiger partial charge in [0.25, 0.3) is 0 Å². The van der Waals surface area contributed by atoms with Crippen LogP contribution in [0.1, 0.15) is 9.88 Å². The third-order valence-electron chi connectivity index (χ3n) is 3.17. The number of nitrogens with zero attached hydrogens (tertiary/aromatic N) is 2. The average Bonchev–Trinajstić information content (AvgIpc) is 2.84. The lowest BCUT2D eigenvalue weighted by atomic mass is 10.1. The molecule has 5 heteroatoms. The lowest BCUT2D eigenvalue weighted by Crippen LogP contribution is -2.26. The molecule has 2 rings (SSSR count). The highest BCUT2D eigenvalue weighted by Crippen LogP contribution is 2.30. The van der Waals surface area contributed by atoms with Crippen LogP contribution in [0.15, 0.2) is 24.3 Å². The maximum absolute atomic E-state index is 5.30. The summed E-state index contributed by atoms with van der Waals surface area (Å²) in [5.41, 5.74) is 2.18. The van der Waals surface area contributed by atoms with Gasteiger partial charge in [0.05, 0.1) is 17.8 Å². The number of likely N-dealkylation sites (N-methyl/N-ethyl adjacent to an activating group) is 1. The van der Waals surface area contributed by atoms with Crippen molar-refractivity contribution in [1.82, 2.24) is 15.2 Å². The quantitative estimate of drug-likeness (QED) is 0.798. The van der Waals surface area contributed by atoms with Gasteiger partial charge in [-0.15, -0.1) is 11.3 Å². The molecule has 0 bridgehead atoms. The molecule has 2 aromatic rings. The normalized spacial score (nSPS) is 11.1. The van der Waals surface area contributed by atoms with Crippen LogP contribution in [0.4, 0.5) is 0 Å². The van der Waals surface area contributed by atoms with Gasteiger partial charge in [0.1, 0.15) is 5.75 Å². The predicted molar refractivity (Wildman–Crippen MR) is 89.1 cm³/mol. The molecule has 0 amide bonds. The fourth-order valence-electron chi connectivity index (χ4n) is 2.09. The Morgan fingerprint density at radius 3 is 2.86 bits per heavy atom. The number of aryl methyl sites for hydroxylation is 1. The van der Waals surface area contributed by atoms with Crippen molar-refractivity contribution in [2.45, 2.75) is 13.5 Å². The highest BCUT2D eigenvalue weighted by Gasteiger charge is 2.11. The molecule has 0 unspecified atom stereocenters. The first-order valence-electron chi connectivity index (χ1n) is 7.06. The first kappa shape index (κ1) is 15.9. The summed E-state index contributed by atoms with van der Waals surface area (Å²) in [6, 6.07) is 8.09. The second-order valence-electron chi connectivity index (χ2n) is 5.22. The summed E-state index contributed by atoms with van der Waals surface area (Å²) in [5.74, 6) is 0.865. The number of benzene rings is 1. The molecular weight excluding hydrogens is 282 g/mol. The van der Waals surface area contributed by atoms with Crippen molar-refractivity contribution in [3.63, 3.8) is 0 Å².